The van der Waals surface area contributed by atoms with Crippen molar-refractivity contribution in [1.82, 2.24) is 0 Å². The van der Waals surface area contributed by atoms with Crippen molar-refractivity contribution < 1.29 is 5.11 Å². The van der Waals surface area contributed by atoms with Crippen LogP contribution in [-0.2, 0) is 0 Å². The van der Waals surface area contributed by atoms with Gasteiger partial charge in [-0.05, 0) is 23.4 Å². The van der Waals surface area contributed by atoms with Gasteiger partial charge in [0.15, 0.2) is 0 Å². The number of thiophene rings is 1. The van der Waals surface area contributed by atoms with Gasteiger partial charge >= 0.3 is 0 Å². The zero-order valence-electron chi connectivity index (χ0n) is 9.99. The minimum atomic E-state index is -0.181. The number of aliphatic hydroxyl groups excluding tert-OH is 1. The molecule has 1 N–H and O–H groups in total. The predicted molar refractivity (Wildman–Crippen MR) is 73.6 cm³/mol. The topological polar surface area (TPSA) is 44.0 Å². The van der Waals surface area contributed by atoms with E-state index in [1.807, 2.05) is 47.8 Å². The van der Waals surface area contributed by atoms with Crippen LogP contribution in [0.4, 0.5) is 0 Å². The molecule has 92 valence electrons. The molecule has 0 amide bonds. The second kappa shape index (κ2) is 6.34. The molecule has 2 atom stereocenters. The van der Waals surface area contributed by atoms with Crippen LogP contribution in [0.25, 0.3) is 0 Å². The standard InChI is InChI=1S/C15H15NOS/c16-11-14(15-7-4-10-18-15)13(8-9-17)12-5-2-1-3-6-12/h1-7,10,13-14,17H,8-9H2. The lowest BCUT2D eigenvalue weighted by Gasteiger charge is -2.20. The van der Waals surface area contributed by atoms with Crippen molar-refractivity contribution in [2.45, 2.75) is 18.3 Å². The van der Waals surface area contributed by atoms with Crippen LogP contribution >= 0.6 is 11.3 Å². The third-order valence-electron chi connectivity index (χ3n) is 3.06. The second-order valence-electron chi connectivity index (χ2n) is 4.15. The average Bonchev–Trinajstić information content (AvgIpc) is 2.94. The van der Waals surface area contributed by atoms with Gasteiger partial charge in [0.1, 0.15) is 0 Å². The zero-order chi connectivity index (χ0) is 12.8. The van der Waals surface area contributed by atoms with Crippen LogP contribution < -0.4 is 0 Å². The molecule has 2 nitrogen and oxygen atoms in total. The van der Waals surface area contributed by atoms with Crippen LogP contribution in [0.15, 0.2) is 47.8 Å². The fraction of sp³-hybridized carbons (Fsp3) is 0.267. The number of nitrogens with zero attached hydrogens (tertiary/aromatic N) is 1. The van der Waals surface area contributed by atoms with Gasteiger partial charge in [-0.2, -0.15) is 5.26 Å². The first kappa shape index (κ1) is 12.8. The number of nitriles is 1. The molecule has 18 heavy (non-hydrogen) atoms. The smallest absolute Gasteiger partial charge is 0.0875 e. The maximum Gasteiger partial charge on any atom is 0.0875 e. The third-order valence-corrected chi connectivity index (χ3v) is 4.01. The van der Waals surface area contributed by atoms with E-state index >= 15 is 0 Å². The Hall–Kier alpha value is -1.63. The number of hydrogen-bond donors (Lipinski definition) is 1. The highest BCUT2D eigenvalue weighted by molar-refractivity contribution is 7.10. The molecule has 1 heterocycles. The summed E-state index contributed by atoms with van der Waals surface area (Å²) in [6, 6.07) is 16.3. The average molecular weight is 257 g/mol. The normalized spacial score (nSPS) is 13.8. The van der Waals surface area contributed by atoms with Gasteiger partial charge in [0.2, 0.25) is 0 Å². The molecule has 3 heteroatoms. The van der Waals surface area contributed by atoms with Crippen LogP contribution in [0, 0.1) is 11.3 Å². The monoisotopic (exact) mass is 257 g/mol. The van der Waals surface area contributed by atoms with Crippen LogP contribution in [0.1, 0.15) is 28.7 Å². The van der Waals surface area contributed by atoms with Crippen molar-refractivity contribution >= 4 is 11.3 Å². The molecule has 0 radical (unpaired) electrons. The van der Waals surface area contributed by atoms with E-state index in [2.05, 4.69) is 6.07 Å². The van der Waals surface area contributed by atoms with Crippen molar-refractivity contribution in [2.75, 3.05) is 6.61 Å². The number of aliphatic hydroxyl groups is 1. The molecule has 2 rings (SSSR count). The predicted octanol–water partition coefficient (Wildman–Crippen LogP) is 3.52. The summed E-state index contributed by atoms with van der Waals surface area (Å²) >= 11 is 1.60. The highest BCUT2D eigenvalue weighted by Gasteiger charge is 2.24. The molecule has 0 aliphatic heterocycles. The lowest BCUT2D eigenvalue weighted by molar-refractivity contribution is 0.272. The fourth-order valence-corrected chi connectivity index (χ4v) is 3.02. The molecule has 0 fully saturated rings. The number of benzene rings is 1. The molecule has 0 saturated heterocycles. The van der Waals surface area contributed by atoms with Gasteiger partial charge in [-0.3, -0.25) is 0 Å². The molecular formula is C15H15NOS. The molecular weight excluding hydrogens is 242 g/mol. The number of hydrogen-bond acceptors (Lipinski definition) is 3. The van der Waals surface area contributed by atoms with E-state index in [0.29, 0.717) is 6.42 Å². The summed E-state index contributed by atoms with van der Waals surface area (Å²) in [6.07, 6.45) is 0.611. The summed E-state index contributed by atoms with van der Waals surface area (Å²) in [6.45, 7) is 0.100. The van der Waals surface area contributed by atoms with Crippen molar-refractivity contribution in [3.8, 4) is 6.07 Å². The first-order valence-electron chi connectivity index (χ1n) is 5.95. The summed E-state index contributed by atoms with van der Waals surface area (Å²) in [4.78, 5) is 1.07. The van der Waals surface area contributed by atoms with E-state index in [4.69, 9.17) is 0 Å². The molecule has 1 aromatic heterocycles. The molecule has 2 aromatic rings. The highest BCUT2D eigenvalue weighted by atomic mass is 32.1. The van der Waals surface area contributed by atoms with Gasteiger partial charge in [0.25, 0.3) is 0 Å². The van der Waals surface area contributed by atoms with E-state index in [9.17, 15) is 10.4 Å². The minimum Gasteiger partial charge on any atom is -0.396 e. The van der Waals surface area contributed by atoms with Crippen LogP contribution in [-0.4, -0.2) is 11.7 Å². The summed E-state index contributed by atoms with van der Waals surface area (Å²) < 4.78 is 0. The molecule has 2 unspecified atom stereocenters. The van der Waals surface area contributed by atoms with Gasteiger partial charge < -0.3 is 5.11 Å². The van der Waals surface area contributed by atoms with E-state index < -0.39 is 0 Å². The first-order valence-corrected chi connectivity index (χ1v) is 6.83. The Morgan fingerprint density at radius 1 is 1.17 bits per heavy atom. The quantitative estimate of drug-likeness (QED) is 0.890. The van der Waals surface area contributed by atoms with Crippen molar-refractivity contribution in [3.05, 3.63) is 58.3 Å². The minimum absolute atomic E-state index is 0.0554. The lowest BCUT2D eigenvalue weighted by Crippen LogP contribution is -2.10. The SMILES string of the molecule is N#CC(c1cccs1)C(CCO)c1ccccc1. The van der Waals surface area contributed by atoms with Crippen LogP contribution in [0.3, 0.4) is 0 Å². The molecule has 0 aliphatic carbocycles. The van der Waals surface area contributed by atoms with Crippen LogP contribution in [0.5, 0.6) is 0 Å². The third kappa shape index (κ3) is 2.79. The van der Waals surface area contributed by atoms with E-state index in [-0.39, 0.29) is 18.4 Å². The molecule has 0 saturated carbocycles. The summed E-state index contributed by atoms with van der Waals surface area (Å²) in [5, 5.41) is 20.7. The van der Waals surface area contributed by atoms with Crippen LogP contribution in [0.2, 0.25) is 0 Å². The Morgan fingerprint density at radius 3 is 2.50 bits per heavy atom. The van der Waals surface area contributed by atoms with Crippen molar-refractivity contribution in [3.63, 3.8) is 0 Å². The molecule has 0 spiro atoms. The Kier molecular flexibility index (Phi) is 4.52. The largest absolute Gasteiger partial charge is 0.396 e. The summed E-state index contributed by atoms with van der Waals surface area (Å²) in [7, 11) is 0. The fourth-order valence-electron chi connectivity index (χ4n) is 2.19. The van der Waals surface area contributed by atoms with Crippen molar-refractivity contribution in [1.29, 1.82) is 5.26 Å². The van der Waals surface area contributed by atoms with E-state index in [1.165, 1.54) is 0 Å². The summed E-state index contributed by atoms with van der Waals surface area (Å²) in [5.41, 5.74) is 1.12. The highest BCUT2D eigenvalue weighted by Crippen LogP contribution is 2.36. The number of rotatable bonds is 5. The Labute approximate surface area is 111 Å². The Balaban J connectivity index is 2.32. The molecule has 0 aliphatic rings. The van der Waals surface area contributed by atoms with E-state index in [0.717, 1.165) is 10.4 Å². The maximum atomic E-state index is 9.43. The van der Waals surface area contributed by atoms with Gasteiger partial charge in [-0.25, -0.2) is 0 Å². The molecule has 0 bridgehead atoms. The maximum absolute atomic E-state index is 9.43. The summed E-state index contributed by atoms with van der Waals surface area (Å²) in [5.74, 6) is -0.126. The van der Waals surface area contributed by atoms with Gasteiger partial charge in [-0.1, -0.05) is 36.4 Å². The zero-order valence-corrected chi connectivity index (χ0v) is 10.8. The second-order valence-corrected chi connectivity index (χ2v) is 5.13. The Morgan fingerprint density at radius 2 is 1.94 bits per heavy atom. The molecule has 1 aromatic carbocycles. The van der Waals surface area contributed by atoms with Gasteiger partial charge in [-0.15, -0.1) is 11.3 Å². The first-order chi connectivity index (χ1) is 8.86. The van der Waals surface area contributed by atoms with Gasteiger partial charge in [0, 0.05) is 17.4 Å². The van der Waals surface area contributed by atoms with Crippen molar-refractivity contribution in [2.24, 2.45) is 0 Å². The lowest BCUT2D eigenvalue weighted by atomic mass is 9.83. The van der Waals surface area contributed by atoms with E-state index in [1.54, 1.807) is 11.3 Å². The van der Waals surface area contributed by atoms with Gasteiger partial charge in [0.05, 0.1) is 12.0 Å². The Bertz CT molecular complexity index is 501.